The predicted octanol–water partition coefficient (Wildman–Crippen LogP) is 0.851. The van der Waals surface area contributed by atoms with Crippen molar-refractivity contribution in [1.82, 2.24) is 0 Å². The van der Waals surface area contributed by atoms with Crippen molar-refractivity contribution >= 4 is 32.0 Å². The van der Waals surface area contributed by atoms with Crippen LogP contribution in [0.1, 0.15) is 6.92 Å². The fraction of sp³-hybridized carbons (Fsp3) is 0.455. The molecule has 0 saturated heterocycles. The van der Waals surface area contributed by atoms with Crippen molar-refractivity contribution < 1.29 is 12.6 Å². The lowest BCUT2D eigenvalue weighted by atomic mass is 10.2. The van der Waals surface area contributed by atoms with Gasteiger partial charge in [-0.15, -0.1) is 0 Å². The molecule has 0 aliphatic heterocycles. The average Bonchev–Trinajstić information content (AvgIpc) is 2.18. The van der Waals surface area contributed by atoms with Crippen molar-refractivity contribution in [3.05, 3.63) is 18.2 Å². The Balaban J connectivity index is 2.90. The van der Waals surface area contributed by atoms with Gasteiger partial charge in [-0.25, -0.2) is 8.42 Å². The quantitative estimate of drug-likeness (QED) is 0.785. The molecule has 0 aromatic heterocycles. The van der Waals surface area contributed by atoms with Gasteiger partial charge in [0, 0.05) is 35.1 Å². The Hall–Kier alpha value is -1.08. The van der Waals surface area contributed by atoms with Gasteiger partial charge in [-0.3, -0.25) is 4.21 Å². The topological polar surface area (TPSA) is 89.3 Å². The highest BCUT2D eigenvalue weighted by molar-refractivity contribution is 7.90. The Morgan fingerprint density at radius 2 is 2.06 bits per heavy atom. The number of rotatable bonds is 5. The molecule has 0 amide bonds. The van der Waals surface area contributed by atoms with Gasteiger partial charge in [-0.05, 0) is 25.1 Å². The first-order valence-corrected chi connectivity index (χ1v) is 8.98. The van der Waals surface area contributed by atoms with Crippen LogP contribution in [0.25, 0.3) is 0 Å². The van der Waals surface area contributed by atoms with Crippen LogP contribution in [0.15, 0.2) is 23.1 Å². The molecule has 7 heteroatoms. The Bertz CT molecular complexity index is 555. The molecule has 1 aromatic carbocycles. The van der Waals surface area contributed by atoms with Gasteiger partial charge < -0.3 is 11.1 Å². The molecule has 0 aliphatic carbocycles. The Morgan fingerprint density at radius 3 is 2.50 bits per heavy atom. The summed E-state index contributed by atoms with van der Waals surface area (Å²) in [6, 6.07) is 4.56. The third-order valence-electron chi connectivity index (χ3n) is 2.34. The molecule has 2 atom stereocenters. The second-order valence-corrected chi connectivity index (χ2v) is 7.80. The zero-order chi connectivity index (χ0) is 13.9. The summed E-state index contributed by atoms with van der Waals surface area (Å²) in [5.41, 5.74) is 6.81. The van der Waals surface area contributed by atoms with E-state index in [9.17, 15) is 12.6 Å². The molecule has 18 heavy (non-hydrogen) atoms. The van der Waals surface area contributed by atoms with Crippen LogP contribution in [-0.4, -0.2) is 36.9 Å². The number of nitrogen functional groups attached to an aromatic ring is 1. The van der Waals surface area contributed by atoms with Crippen molar-refractivity contribution in [1.29, 1.82) is 0 Å². The van der Waals surface area contributed by atoms with E-state index in [0.717, 1.165) is 6.26 Å². The second kappa shape index (κ2) is 5.71. The van der Waals surface area contributed by atoms with Crippen LogP contribution in [-0.2, 0) is 20.6 Å². The number of nitrogens with two attached hydrogens (primary N) is 1. The fourth-order valence-corrected chi connectivity index (χ4v) is 3.01. The molecule has 0 aliphatic rings. The minimum Gasteiger partial charge on any atom is -0.397 e. The van der Waals surface area contributed by atoms with E-state index in [1.54, 1.807) is 12.3 Å². The van der Waals surface area contributed by atoms with Gasteiger partial charge >= 0.3 is 0 Å². The largest absolute Gasteiger partial charge is 0.397 e. The molecule has 1 rings (SSSR count). The third kappa shape index (κ3) is 4.30. The highest BCUT2D eigenvalue weighted by Gasteiger charge is 2.11. The van der Waals surface area contributed by atoms with Gasteiger partial charge in [-0.2, -0.15) is 0 Å². The Kier molecular flexibility index (Phi) is 4.75. The lowest BCUT2D eigenvalue weighted by Crippen LogP contribution is -2.22. The van der Waals surface area contributed by atoms with Gasteiger partial charge in [0.15, 0.2) is 9.84 Å². The van der Waals surface area contributed by atoms with E-state index in [4.69, 9.17) is 5.73 Å². The van der Waals surface area contributed by atoms with Crippen LogP contribution < -0.4 is 11.1 Å². The van der Waals surface area contributed by atoms with Crippen molar-refractivity contribution in [3.8, 4) is 0 Å². The molecule has 3 N–H and O–H groups in total. The molecule has 0 bridgehead atoms. The minimum atomic E-state index is -3.25. The number of anilines is 2. The summed E-state index contributed by atoms with van der Waals surface area (Å²) in [7, 11) is -4.14. The maximum Gasteiger partial charge on any atom is 0.175 e. The molecule has 5 nitrogen and oxygen atoms in total. The average molecular weight is 290 g/mol. The number of sulfone groups is 1. The molecule has 0 fully saturated rings. The first-order valence-electron chi connectivity index (χ1n) is 5.36. The van der Waals surface area contributed by atoms with Gasteiger partial charge in [0.1, 0.15) is 0 Å². The van der Waals surface area contributed by atoms with Crippen molar-refractivity contribution in [3.63, 3.8) is 0 Å². The van der Waals surface area contributed by atoms with E-state index in [1.807, 2.05) is 6.92 Å². The molecule has 1 aromatic rings. The number of benzene rings is 1. The summed E-state index contributed by atoms with van der Waals surface area (Å²) in [6.07, 6.45) is 2.77. The zero-order valence-corrected chi connectivity index (χ0v) is 12.3. The summed E-state index contributed by atoms with van der Waals surface area (Å²) in [4.78, 5) is 0.192. The lowest BCUT2D eigenvalue weighted by molar-refractivity contribution is 0.602. The van der Waals surface area contributed by atoms with E-state index in [1.165, 1.54) is 12.1 Å². The first-order chi connectivity index (χ1) is 8.20. The van der Waals surface area contributed by atoms with Crippen LogP contribution >= 0.6 is 0 Å². The monoisotopic (exact) mass is 290 g/mol. The maximum absolute atomic E-state index is 11.3. The van der Waals surface area contributed by atoms with E-state index in [-0.39, 0.29) is 10.9 Å². The predicted molar refractivity (Wildman–Crippen MR) is 76.0 cm³/mol. The van der Waals surface area contributed by atoms with Gasteiger partial charge in [0.05, 0.1) is 16.3 Å². The molecule has 0 radical (unpaired) electrons. The van der Waals surface area contributed by atoms with E-state index in [0.29, 0.717) is 17.1 Å². The summed E-state index contributed by atoms with van der Waals surface area (Å²) in [6.45, 7) is 1.89. The third-order valence-corrected chi connectivity index (χ3v) is 4.42. The minimum absolute atomic E-state index is 0.00205. The van der Waals surface area contributed by atoms with Gasteiger partial charge in [0.2, 0.25) is 0 Å². The summed E-state index contributed by atoms with van der Waals surface area (Å²) < 4.78 is 33.8. The summed E-state index contributed by atoms with van der Waals surface area (Å²) in [5, 5.41) is 3.11. The van der Waals surface area contributed by atoms with Crippen molar-refractivity contribution in [2.24, 2.45) is 0 Å². The molecular formula is C11H18N2O3S2. The van der Waals surface area contributed by atoms with E-state index < -0.39 is 20.6 Å². The summed E-state index contributed by atoms with van der Waals surface area (Å²) in [5.74, 6) is 0.507. The van der Waals surface area contributed by atoms with Gasteiger partial charge in [0.25, 0.3) is 0 Å². The van der Waals surface area contributed by atoms with E-state index in [2.05, 4.69) is 5.32 Å². The van der Waals surface area contributed by atoms with Crippen molar-refractivity contribution in [2.75, 3.05) is 29.3 Å². The number of hydrogen-bond donors (Lipinski definition) is 2. The fourth-order valence-electron chi connectivity index (χ4n) is 1.56. The van der Waals surface area contributed by atoms with E-state index >= 15 is 0 Å². The molecule has 0 saturated carbocycles. The van der Waals surface area contributed by atoms with Crippen molar-refractivity contribution in [2.45, 2.75) is 17.9 Å². The zero-order valence-electron chi connectivity index (χ0n) is 10.6. The first kappa shape index (κ1) is 15.0. The highest BCUT2D eigenvalue weighted by atomic mass is 32.2. The maximum atomic E-state index is 11.3. The lowest BCUT2D eigenvalue weighted by Gasteiger charge is -2.16. The van der Waals surface area contributed by atoms with Crippen LogP contribution in [0, 0.1) is 0 Å². The highest BCUT2D eigenvalue weighted by Crippen LogP contribution is 2.23. The second-order valence-electron chi connectivity index (χ2n) is 4.31. The smallest absolute Gasteiger partial charge is 0.175 e. The van der Waals surface area contributed by atoms with Crippen LogP contribution in [0.2, 0.25) is 0 Å². The molecule has 0 spiro atoms. The summed E-state index contributed by atoms with van der Waals surface area (Å²) >= 11 is 0. The molecule has 102 valence electrons. The van der Waals surface area contributed by atoms with Crippen LogP contribution in [0.5, 0.6) is 0 Å². The normalized spacial score (nSPS) is 15.1. The Morgan fingerprint density at radius 1 is 1.44 bits per heavy atom. The van der Waals surface area contributed by atoms with Crippen LogP contribution in [0.4, 0.5) is 11.4 Å². The number of nitrogens with one attached hydrogen (secondary N) is 1. The molecule has 0 heterocycles. The van der Waals surface area contributed by atoms with Gasteiger partial charge in [-0.1, -0.05) is 0 Å². The molecular weight excluding hydrogens is 272 g/mol. The Labute approximate surface area is 110 Å². The van der Waals surface area contributed by atoms with Crippen LogP contribution in [0.3, 0.4) is 0 Å². The standard InChI is InChI=1S/C11H18N2O3S2/c1-8(7-17(2)14)13-11-5-4-9(6-10(11)12)18(3,15)16/h4-6,8,13H,7,12H2,1-3H3. The SMILES string of the molecule is CC(CS(C)=O)Nc1ccc(S(C)(=O)=O)cc1N. The molecule has 2 unspecified atom stereocenters. The number of hydrogen-bond acceptors (Lipinski definition) is 5.